The van der Waals surface area contributed by atoms with Crippen LogP contribution in [-0.4, -0.2) is 30.7 Å². The van der Waals surface area contributed by atoms with Crippen LogP contribution in [0.15, 0.2) is 42.5 Å². The number of fused-ring (bicyclic) bond motifs is 2. The van der Waals surface area contributed by atoms with Crippen LogP contribution in [0.3, 0.4) is 0 Å². The van der Waals surface area contributed by atoms with Crippen LogP contribution in [0.5, 0.6) is 0 Å². The van der Waals surface area contributed by atoms with Gasteiger partial charge in [-0.1, -0.05) is 49.4 Å². The predicted octanol–water partition coefficient (Wildman–Crippen LogP) is 3.19. The summed E-state index contributed by atoms with van der Waals surface area (Å²) in [4.78, 5) is 13.8. The van der Waals surface area contributed by atoms with E-state index < -0.39 is 0 Å². The molecule has 1 aromatic carbocycles. The number of nitrogens with zero attached hydrogens (tertiary/aromatic N) is 1. The van der Waals surface area contributed by atoms with Crippen molar-refractivity contribution in [3.63, 3.8) is 0 Å². The number of rotatable bonds is 1. The Kier molecular flexibility index (Phi) is 2.85. The van der Waals surface area contributed by atoms with Gasteiger partial charge in [-0.2, -0.15) is 0 Å². The van der Waals surface area contributed by atoms with Gasteiger partial charge in [-0.3, -0.25) is 0 Å². The normalized spacial score (nSPS) is 32.4. The van der Waals surface area contributed by atoms with Crippen LogP contribution in [0.4, 0.5) is 4.79 Å². The molecule has 3 atom stereocenters. The average molecular weight is 257 g/mol. The van der Waals surface area contributed by atoms with E-state index in [1.165, 1.54) is 12.7 Å². The zero-order valence-electron chi connectivity index (χ0n) is 11.4. The number of ether oxygens (including phenoxy) is 1. The summed E-state index contributed by atoms with van der Waals surface area (Å²) >= 11 is 0. The Morgan fingerprint density at radius 3 is 2.74 bits per heavy atom. The molecular weight excluding hydrogens is 238 g/mol. The van der Waals surface area contributed by atoms with Crippen molar-refractivity contribution in [1.82, 2.24) is 4.90 Å². The minimum atomic E-state index is -0.221. The van der Waals surface area contributed by atoms with Crippen molar-refractivity contribution in [2.45, 2.75) is 25.3 Å². The van der Waals surface area contributed by atoms with Crippen molar-refractivity contribution in [3.05, 3.63) is 48.0 Å². The lowest BCUT2D eigenvalue weighted by Crippen LogP contribution is -2.55. The van der Waals surface area contributed by atoms with Crippen molar-refractivity contribution in [2.24, 2.45) is 5.41 Å². The predicted molar refractivity (Wildman–Crippen MR) is 73.9 cm³/mol. The molecule has 2 bridgehead atoms. The van der Waals surface area contributed by atoms with Gasteiger partial charge in [-0.15, -0.1) is 0 Å². The standard InChI is InChI=1S/C16H19NO2/c1-16-9-8-14(17(11-16)15(18)19-2)13(10-16)12-6-4-3-5-7-12/h3-9,13-14H,10-11H2,1-2H3/t13-,14-,16+/m0/s1. The molecule has 3 heteroatoms. The molecule has 0 spiro atoms. The minimum absolute atomic E-state index is 0.0590. The second-order valence-corrected chi connectivity index (χ2v) is 5.82. The summed E-state index contributed by atoms with van der Waals surface area (Å²) in [6.07, 6.45) is 5.30. The summed E-state index contributed by atoms with van der Waals surface area (Å²) in [5.41, 5.74) is 1.36. The van der Waals surface area contributed by atoms with Gasteiger partial charge >= 0.3 is 6.09 Å². The third-order valence-electron chi connectivity index (χ3n) is 4.32. The van der Waals surface area contributed by atoms with E-state index >= 15 is 0 Å². The Morgan fingerprint density at radius 2 is 2.11 bits per heavy atom. The summed E-state index contributed by atoms with van der Waals surface area (Å²) in [5, 5.41) is 0. The lowest BCUT2D eigenvalue weighted by atomic mass is 9.66. The molecule has 4 rings (SSSR count). The van der Waals surface area contributed by atoms with Crippen LogP contribution in [0.25, 0.3) is 0 Å². The van der Waals surface area contributed by atoms with Gasteiger partial charge in [0.1, 0.15) is 0 Å². The highest BCUT2D eigenvalue weighted by Crippen LogP contribution is 2.47. The fraction of sp³-hybridized carbons (Fsp3) is 0.438. The molecule has 1 aromatic rings. The summed E-state index contributed by atoms with van der Waals surface area (Å²) in [5.74, 6) is 0.365. The van der Waals surface area contributed by atoms with Gasteiger partial charge in [0.25, 0.3) is 0 Å². The third kappa shape index (κ3) is 2.03. The maximum Gasteiger partial charge on any atom is 0.410 e. The smallest absolute Gasteiger partial charge is 0.410 e. The van der Waals surface area contributed by atoms with Crippen LogP contribution in [0.1, 0.15) is 24.8 Å². The molecular formula is C16H19NO2. The second-order valence-electron chi connectivity index (χ2n) is 5.82. The first kappa shape index (κ1) is 12.3. The molecule has 1 aliphatic carbocycles. The monoisotopic (exact) mass is 257 g/mol. The molecule has 3 nitrogen and oxygen atoms in total. The van der Waals surface area contributed by atoms with E-state index in [1.807, 2.05) is 11.0 Å². The van der Waals surface area contributed by atoms with E-state index in [1.54, 1.807) is 0 Å². The number of piperidine rings is 1. The number of hydrogen-bond acceptors (Lipinski definition) is 2. The topological polar surface area (TPSA) is 29.5 Å². The van der Waals surface area contributed by atoms with Crippen molar-refractivity contribution < 1.29 is 9.53 Å². The van der Waals surface area contributed by atoms with Gasteiger partial charge in [0.05, 0.1) is 13.2 Å². The SMILES string of the molecule is COC(=O)N1C[C@]2(C)C=C[C@H]1[C@H](c1ccccc1)C2. The third-order valence-corrected chi connectivity index (χ3v) is 4.32. The summed E-state index contributed by atoms with van der Waals surface area (Å²) < 4.78 is 4.92. The Hall–Kier alpha value is -1.77. The molecule has 0 aromatic heterocycles. The van der Waals surface area contributed by atoms with Crippen LogP contribution in [-0.2, 0) is 4.74 Å². The Bertz CT molecular complexity index is 511. The fourth-order valence-corrected chi connectivity index (χ4v) is 3.41. The van der Waals surface area contributed by atoms with Crippen LogP contribution >= 0.6 is 0 Å². The lowest BCUT2D eigenvalue weighted by Gasteiger charge is -2.51. The number of amides is 1. The maximum atomic E-state index is 11.9. The minimum Gasteiger partial charge on any atom is -0.453 e. The molecule has 0 saturated carbocycles. The van der Waals surface area contributed by atoms with Crippen molar-refractivity contribution >= 4 is 6.09 Å². The lowest BCUT2D eigenvalue weighted by molar-refractivity contribution is 0.0505. The van der Waals surface area contributed by atoms with Gasteiger partial charge in [-0.05, 0) is 12.0 Å². The molecule has 2 heterocycles. The molecule has 2 aliphatic heterocycles. The van der Waals surface area contributed by atoms with Crippen molar-refractivity contribution in [3.8, 4) is 0 Å². The second kappa shape index (κ2) is 4.41. The molecule has 0 N–H and O–H groups in total. The summed E-state index contributed by atoms with van der Waals surface area (Å²) in [6, 6.07) is 10.6. The first-order valence-corrected chi connectivity index (χ1v) is 6.72. The number of benzene rings is 1. The zero-order chi connectivity index (χ0) is 13.5. The van der Waals surface area contributed by atoms with Gasteiger partial charge in [0, 0.05) is 17.9 Å². The number of hydrogen-bond donors (Lipinski definition) is 0. The zero-order valence-corrected chi connectivity index (χ0v) is 11.4. The summed E-state index contributed by atoms with van der Waals surface area (Å²) in [7, 11) is 1.45. The van der Waals surface area contributed by atoms with Crippen LogP contribution < -0.4 is 0 Å². The Morgan fingerprint density at radius 1 is 1.37 bits per heavy atom. The highest BCUT2D eigenvalue weighted by molar-refractivity contribution is 5.69. The van der Waals surface area contributed by atoms with Gasteiger partial charge in [-0.25, -0.2) is 4.79 Å². The largest absolute Gasteiger partial charge is 0.453 e. The molecule has 3 aliphatic rings. The van der Waals surface area contributed by atoms with Crippen molar-refractivity contribution in [1.29, 1.82) is 0 Å². The molecule has 0 radical (unpaired) electrons. The maximum absolute atomic E-state index is 11.9. The van der Waals surface area contributed by atoms with Gasteiger partial charge in [0.2, 0.25) is 0 Å². The molecule has 0 unspecified atom stereocenters. The molecule has 1 fully saturated rings. The van der Waals surface area contributed by atoms with E-state index in [-0.39, 0.29) is 17.6 Å². The fourth-order valence-electron chi connectivity index (χ4n) is 3.41. The quantitative estimate of drug-likeness (QED) is 0.723. The molecule has 19 heavy (non-hydrogen) atoms. The molecule has 1 saturated heterocycles. The van der Waals surface area contributed by atoms with E-state index in [9.17, 15) is 4.79 Å². The summed E-state index contributed by atoms with van der Waals surface area (Å²) in [6.45, 7) is 2.97. The average Bonchev–Trinajstić information content (AvgIpc) is 2.46. The van der Waals surface area contributed by atoms with Gasteiger partial charge in [0.15, 0.2) is 0 Å². The van der Waals surface area contributed by atoms with E-state index in [4.69, 9.17) is 4.74 Å². The highest BCUT2D eigenvalue weighted by atomic mass is 16.5. The van der Waals surface area contributed by atoms with Gasteiger partial charge < -0.3 is 9.64 Å². The van der Waals surface area contributed by atoms with Crippen LogP contribution in [0, 0.1) is 5.41 Å². The van der Waals surface area contributed by atoms with E-state index in [0.717, 1.165) is 13.0 Å². The highest BCUT2D eigenvalue weighted by Gasteiger charge is 2.46. The Labute approximate surface area is 113 Å². The van der Waals surface area contributed by atoms with Crippen molar-refractivity contribution in [2.75, 3.05) is 13.7 Å². The van der Waals surface area contributed by atoms with Crippen LogP contribution in [0.2, 0.25) is 0 Å². The molecule has 100 valence electrons. The van der Waals surface area contributed by atoms with E-state index in [0.29, 0.717) is 5.92 Å². The number of carbonyl (C=O) groups excluding carboxylic acids is 1. The number of carbonyl (C=O) groups is 1. The van der Waals surface area contributed by atoms with E-state index in [2.05, 4.69) is 43.3 Å². The Balaban J connectivity index is 1.96. The first-order chi connectivity index (χ1) is 9.13. The number of methoxy groups -OCH3 is 1. The first-order valence-electron chi connectivity index (χ1n) is 6.72. The molecule has 1 amide bonds.